The van der Waals surface area contributed by atoms with Gasteiger partial charge in [-0.15, -0.1) is 0 Å². The normalized spacial score (nSPS) is 10.1. The third kappa shape index (κ3) is 3.88. The molecular weight excluding hydrogens is 298 g/mol. The van der Waals surface area contributed by atoms with E-state index in [0.29, 0.717) is 17.2 Å². The van der Waals surface area contributed by atoms with Crippen molar-refractivity contribution in [2.75, 3.05) is 21.3 Å². The summed E-state index contributed by atoms with van der Waals surface area (Å²) >= 11 is 0. The van der Waals surface area contributed by atoms with Crippen molar-refractivity contribution in [2.24, 2.45) is 0 Å². The molecule has 1 N–H and O–H groups in total. The molecule has 0 saturated carbocycles. The lowest BCUT2D eigenvalue weighted by Gasteiger charge is -2.14. The molecule has 7 nitrogen and oxygen atoms in total. The summed E-state index contributed by atoms with van der Waals surface area (Å²) in [5.74, 6) is 1.41. The van der Waals surface area contributed by atoms with Gasteiger partial charge in [0, 0.05) is 24.4 Å². The lowest BCUT2D eigenvalue weighted by molar-refractivity contribution is 0.0945. The second-order valence-electron chi connectivity index (χ2n) is 4.74. The molecule has 1 aromatic heterocycles. The van der Waals surface area contributed by atoms with Crippen LogP contribution in [0.4, 0.5) is 0 Å². The Morgan fingerprint density at radius 3 is 2.22 bits per heavy atom. The highest BCUT2D eigenvalue weighted by Gasteiger charge is 2.14. The zero-order chi connectivity index (χ0) is 16.8. The molecule has 0 atom stereocenters. The van der Waals surface area contributed by atoms with Crippen molar-refractivity contribution in [1.29, 1.82) is 0 Å². The maximum atomic E-state index is 12.1. The van der Waals surface area contributed by atoms with Gasteiger partial charge in [-0.1, -0.05) is 0 Å². The lowest BCUT2D eigenvalue weighted by Crippen LogP contribution is -2.24. The Kier molecular flexibility index (Phi) is 5.35. The summed E-state index contributed by atoms with van der Waals surface area (Å²) < 4.78 is 15.8. The van der Waals surface area contributed by atoms with Gasteiger partial charge >= 0.3 is 0 Å². The van der Waals surface area contributed by atoms with Crippen LogP contribution in [0.3, 0.4) is 0 Å². The number of rotatable bonds is 6. The first kappa shape index (κ1) is 16.5. The van der Waals surface area contributed by atoms with Gasteiger partial charge in [-0.25, -0.2) is 4.98 Å². The molecule has 7 heteroatoms. The number of amides is 1. The second-order valence-corrected chi connectivity index (χ2v) is 4.74. The number of hydrogen-bond acceptors (Lipinski definition) is 6. The van der Waals surface area contributed by atoms with Gasteiger partial charge < -0.3 is 19.5 Å². The maximum Gasteiger partial charge on any atom is 0.271 e. The third-order valence-electron chi connectivity index (χ3n) is 3.24. The van der Waals surface area contributed by atoms with E-state index in [0.717, 1.165) is 11.3 Å². The van der Waals surface area contributed by atoms with Crippen LogP contribution in [0.2, 0.25) is 0 Å². The fourth-order valence-corrected chi connectivity index (χ4v) is 2.01. The lowest BCUT2D eigenvalue weighted by atomic mass is 10.1. The average Bonchev–Trinajstić information content (AvgIpc) is 2.59. The predicted octanol–water partition coefficient (Wildman–Crippen LogP) is 1.74. The number of nitrogens with one attached hydrogen (secondary N) is 1. The summed E-state index contributed by atoms with van der Waals surface area (Å²) in [5.41, 5.74) is 1.77. The minimum Gasteiger partial charge on any atom is -0.496 e. The van der Waals surface area contributed by atoms with Gasteiger partial charge in [0.2, 0.25) is 0 Å². The van der Waals surface area contributed by atoms with Crippen molar-refractivity contribution in [3.63, 3.8) is 0 Å². The average molecular weight is 317 g/mol. The molecule has 0 aliphatic carbocycles. The van der Waals surface area contributed by atoms with E-state index in [1.807, 2.05) is 6.92 Å². The number of nitrogens with zero attached hydrogens (tertiary/aromatic N) is 2. The minimum atomic E-state index is -0.311. The smallest absolute Gasteiger partial charge is 0.271 e. The van der Waals surface area contributed by atoms with Crippen molar-refractivity contribution < 1.29 is 19.0 Å². The van der Waals surface area contributed by atoms with Crippen molar-refractivity contribution >= 4 is 5.91 Å². The van der Waals surface area contributed by atoms with Crippen LogP contribution in [0, 0.1) is 6.92 Å². The third-order valence-corrected chi connectivity index (χ3v) is 3.24. The summed E-state index contributed by atoms with van der Waals surface area (Å²) in [6, 6.07) is 3.48. The molecule has 122 valence electrons. The van der Waals surface area contributed by atoms with Crippen molar-refractivity contribution in [1.82, 2.24) is 15.3 Å². The summed E-state index contributed by atoms with van der Waals surface area (Å²) in [6.45, 7) is 2.07. The zero-order valence-corrected chi connectivity index (χ0v) is 13.5. The van der Waals surface area contributed by atoms with Crippen molar-refractivity contribution in [3.8, 4) is 17.2 Å². The van der Waals surface area contributed by atoms with Crippen LogP contribution < -0.4 is 19.5 Å². The number of aryl methyl sites for hydroxylation is 1. The number of hydrogen-bond donors (Lipinski definition) is 1. The first-order valence-corrected chi connectivity index (χ1v) is 6.94. The number of carbonyl (C=O) groups is 1. The fourth-order valence-electron chi connectivity index (χ4n) is 2.01. The highest BCUT2D eigenvalue weighted by Crippen LogP contribution is 2.34. The van der Waals surface area contributed by atoms with Crippen LogP contribution in [0.5, 0.6) is 17.2 Å². The zero-order valence-electron chi connectivity index (χ0n) is 13.5. The first-order chi connectivity index (χ1) is 11.1. The van der Waals surface area contributed by atoms with E-state index in [-0.39, 0.29) is 18.1 Å². The molecule has 1 amide bonds. The van der Waals surface area contributed by atoms with E-state index in [2.05, 4.69) is 15.3 Å². The summed E-state index contributed by atoms with van der Waals surface area (Å²) in [4.78, 5) is 20.2. The number of benzene rings is 1. The van der Waals surface area contributed by atoms with Crippen molar-refractivity contribution in [3.05, 3.63) is 41.5 Å². The molecule has 1 heterocycles. The van der Waals surface area contributed by atoms with Gasteiger partial charge in [0.05, 0.1) is 33.2 Å². The minimum absolute atomic E-state index is 0.259. The summed E-state index contributed by atoms with van der Waals surface area (Å²) in [5, 5.41) is 2.78. The predicted molar refractivity (Wildman–Crippen MR) is 84.0 cm³/mol. The Morgan fingerprint density at radius 1 is 1.00 bits per heavy atom. The van der Waals surface area contributed by atoms with E-state index in [1.165, 1.54) is 6.20 Å². The van der Waals surface area contributed by atoms with E-state index in [1.54, 1.807) is 39.7 Å². The standard InChI is InChI=1S/C16H19N3O4/c1-10-7-18-12(9-17-10)16(20)19-8-11-5-14(22-3)15(23-4)6-13(11)21-2/h5-7,9H,8H2,1-4H3,(H,19,20). The number of methoxy groups -OCH3 is 3. The van der Waals surface area contributed by atoms with E-state index >= 15 is 0 Å². The molecule has 0 spiro atoms. The van der Waals surface area contributed by atoms with Crippen molar-refractivity contribution in [2.45, 2.75) is 13.5 Å². The van der Waals surface area contributed by atoms with Gasteiger partial charge in [0.1, 0.15) is 11.4 Å². The monoisotopic (exact) mass is 317 g/mol. The molecule has 0 bridgehead atoms. The largest absolute Gasteiger partial charge is 0.496 e. The first-order valence-electron chi connectivity index (χ1n) is 6.94. The van der Waals surface area contributed by atoms with Crippen LogP contribution in [0.25, 0.3) is 0 Å². The van der Waals surface area contributed by atoms with Gasteiger partial charge in [0.25, 0.3) is 5.91 Å². The fraction of sp³-hybridized carbons (Fsp3) is 0.312. The van der Waals surface area contributed by atoms with Gasteiger partial charge in [-0.05, 0) is 13.0 Å². The Hall–Kier alpha value is -2.83. The van der Waals surface area contributed by atoms with Crippen LogP contribution in [0.15, 0.2) is 24.5 Å². The van der Waals surface area contributed by atoms with Crippen LogP contribution in [-0.4, -0.2) is 37.2 Å². The number of carbonyl (C=O) groups excluding carboxylic acids is 1. The molecule has 0 radical (unpaired) electrons. The van der Waals surface area contributed by atoms with Gasteiger partial charge in [-0.2, -0.15) is 0 Å². The maximum absolute atomic E-state index is 12.1. The second kappa shape index (κ2) is 7.44. The Balaban J connectivity index is 2.16. The molecule has 2 rings (SSSR count). The van der Waals surface area contributed by atoms with E-state index < -0.39 is 0 Å². The molecular formula is C16H19N3O4. The molecule has 0 fully saturated rings. The molecule has 0 aliphatic heterocycles. The van der Waals surface area contributed by atoms with Crippen LogP contribution >= 0.6 is 0 Å². The Bertz CT molecular complexity index is 686. The highest BCUT2D eigenvalue weighted by molar-refractivity contribution is 5.91. The number of ether oxygens (including phenoxy) is 3. The molecule has 1 aromatic carbocycles. The molecule has 0 saturated heterocycles. The van der Waals surface area contributed by atoms with E-state index in [4.69, 9.17) is 14.2 Å². The Labute approximate surface area is 134 Å². The Morgan fingerprint density at radius 2 is 1.65 bits per heavy atom. The molecule has 23 heavy (non-hydrogen) atoms. The van der Waals surface area contributed by atoms with Gasteiger partial charge in [-0.3, -0.25) is 9.78 Å². The van der Waals surface area contributed by atoms with Crippen LogP contribution in [0.1, 0.15) is 21.7 Å². The highest BCUT2D eigenvalue weighted by atomic mass is 16.5. The van der Waals surface area contributed by atoms with E-state index in [9.17, 15) is 4.79 Å². The summed E-state index contributed by atoms with van der Waals surface area (Å²) in [7, 11) is 4.65. The number of aromatic nitrogens is 2. The SMILES string of the molecule is COc1cc(OC)c(OC)cc1CNC(=O)c1cnc(C)cn1. The molecule has 0 unspecified atom stereocenters. The van der Waals surface area contributed by atoms with Gasteiger partial charge in [0.15, 0.2) is 11.5 Å². The molecule has 0 aliphatic rings. The summed E-state index contributed by atoms with van der Waals surface area (Å²) in [6.07, 6.45) is 2.99. The topological polar surface area (TPSA) is 82.6 Å². The molecule has 2 aromatic rings. The quantitative estimate of drug-likeness (QED) is 0.874. The van der Waals surface area contributed by atoms with Crippen LogP contribution in [-0.2, 0) is 6.54 Å².